The molecule has 0 amide bonds. The molecule has 2 nitrogen and oxygen atoms in total. The van der Waals surface area contributed by atoms with Crippen molar-refractivity contribution in [1.82, 2.24) is 0 Å². The molecule has 0 bridgehead atoms. The Labute approximate surface area is 98.8 Å². The summed E-state index contributed by atoms with van der Waals surface area (Å²) in [7, 11) is 0. The summed E-state index contributed by atoms with van der Waals surface area (Å²) in [5.41, 5.74) is 0.603. The van der Waals surface area contributed by atoms with E-state index in [1.165, 1.54) is 0 Å². The molecule has 0 fully saturated rings. The molecule has 3 heteroatoms. The van der Waals surface area contributed by atoms with Crippen molar-refractivity contribution in [2.24, 2.45) is 5.92 Å². The number of esters is 1. The molecular formula is C12H15BrO2. The molecule has 2 unspecified atom stereocenters. The van der Waals surface area contributed by atoms with Gasteiger partial charge in [0.1, 0.15) is 6.10 Å². The summed E-state index contributed by atoms with van der Waals surface area (Å²) in [6, 6.07) is 9.05. The monoisotopic (exact) mass is 270 g/mol. The minimum atomic E-state index is -0.254. The Balaban J connectivity index is 2.57. The topological polar surface area (TPSA) is 26.3 Å². The average molecular weight is 271 g/mol. The van der Waals surface area contributed by atoms with Crippen LogP contribution in [0.15, 0.2) is 30.3 Å². The Morgan fingerprint density at radius 1 is 1.33 bits per heavy atom. The van der Waals surface area contributed by atoms with Gasteiger partial charge >= 0.3 is 5.97 Å². The maximum atomic E-state index is 11.6. The Kier molecular flexibility index (Phi) is 4.82. The van der Waals surface area contributed by atoms with Gasteiger partial charge in [0.25, 0.3) is 0 Å². The number of ether oxygens (including phenoxy) is 1. The summed E-state index contributed by atoms with van der Waals surface area (Å²) < 4.78 is 5.32. The van der Waals surface area contributed by atoms with E-state index in [0.717, 1.165) is 5.33 Å². The van der Waals surface area contributed by atoms with Gasteiger partial charge < -0.3 is 4.74 Å². The van der Waals surface area contributed by atoms with Crippen LogP contribution in [0.4, 0.5) is 0 Å². The fraction of sp³-hybridized carbons (Fsp3) is 0.417. The molecule has 2 atom stereocenters. The zero-order chi connectivity index (χ0) is 11.3. The molecule has 0 saturated heterocycles. The molecule has 1 aromatic carbocycles. The normalized spacial score (nSPS) is 14.3. The fourth-order valence-electron chi connectivity index (χ4n) is 1.05. The van der Waals surface area contributed by atoms with Crippen molar-refractivity contribution in [3.63, 3.8) is 0 Å². The number of hydrogen-bond acceptors (Lipinski definition) is 2. The summed E-state index contributed by atoms with van der Waals surface area (Å²) in [5, 5.41) is 0.830. The van der Waals surface area contributed by atoms with Crippen LogP contribution in [0.25, 0.3) is 0 Å². The molecule has 0 aliphatic carbocycles. The van der Waals surface area contributed by atoms with Crippen LogP contribution in [-0.2, 0) is 4.74 Å². The van der Waals surface area contributed by atoms with Crippen LogP contribution >= 0.6 is 15.9 Å². The average Bonchev–Trinajstić information content (AvgIpc) is 2.29. The highest BCUT2D eigenvalue weighted by Gasteiger charge is 2.16. The minimum Gasteiger partial charge on any atom is -0.459 e. The van der Waals surface area contributed by atoms with E-state index in [4.69, 9.17) is 4.74 Å². The van der Waals surface area contributed by atoms with Crippen molar-refractivity contribution < 1.29 is 9.53 Å². The van der Waals surface area contributed by atoms with Gasteiger partial charge in [-0.05, 0) is 19.1 Å². The summed E-state index contributed by atoms with van der Waals surface area (Å²) >= 11 is 3.37. The van der Waals surface area contributed by atoms with Crippen LogP contribution in [0.3, 0.4) is 0 Å². The first-order chi connectivity index (χ1) is 7.15. The maximum Gasteiger partial charge on any atom is 0.338 e. The smallest absolute Gasteiger partial charge is 0.338 e. The van der Waals surface area contributed by atoms with Crippen molar-refractivity contribution in [3.8, 4) is 0 Å². The number of benzene rings is 1. The molecule has 0 aliphatic heterocycles. The molecular weight excluding hydrogens is 256 g/mol. The van der Waals surface area contributed by atoms with Crippen molar-refractivity contribution in [2.45, 2.75) is 20.0 Å². The highest BCUT2D eigenvalue weighted by molar-refractivity contribution is 9.09. The lowest BCUT2D eigenvalue weighted by molar-refractivity contribution is 0.0244. The molecule has 0 spiro atoms. The van der Waals surface area contributed by atoms with Gasteiger partial charge in [-0.1, -0.05) is 41.1 Å². The van der Waals surface area contributed by atoms with E-state index in [1.54, 1.807) is 12.1 Å². The van der Waals surface area contributed by atoms with E-state index in [0.29, 0.717) is 11.5 Å². The van der Waals surface area contributed by atoms with Crippen LogP contribution in [0, 0.1) is 5.92 Å². The zero-order valence-corrected chi connectivity index (χ0v) is 10.5. The van der Waals surface area contributed by atoms with E-state index < -0.39 is 0 Å². The molecule has 1 aromatic rings. The van der Waals surface area contributed by atoms with Gasteiger partial charge in [0, 0.05) is 11.2 Å². The third-order valence-corrected chi connectivity index (χ3v) is 3.37. The maximum absolute atomic E-state index is 11.6. The van der Waals surface area contributed by atoms with Crippen LogP contribution in [-0.4, -0.2) is 17.4 Å². The second-order valence-electron chi connectivity index (χ2n) is 3.61. The van der Waals surface area contributed by atoms with Gasteiger partial charge in [0.2, 0.25) is 0 Å². The third kappa shape index (κ3) is 3.67. The zero-order valence-electron chi connectivity index (χ0n) is 8.94. The lowest BCUT2D eigenvalue weighted by Gasteiger charge is -2.18. The molecule has 0 heterocycles. The second kappa shape index (κ2) is 5.91. The first-order valence-electron chi connectivity index (χ1n) is 4.97. The number of carbonyl (C=O) groups is 1. The molecule has 0 radical (unpaired) electrons. The van der Waals surface area contributed by atoms with Gasteiger partial charge in [0.05, 0.1) is 5.56 Å². The van der Waals surface area contributed by atoms with E-state index in [-0.39, 0.29) is 12.1 Å². The van der Waals surface area contributed by atoms with Crippen molar-refractivity contribution in [2.75, 3.05) is 5.33 Å². The third-order valence-electron chi connectivity index (χ3n) is 2.35. The van der Waals surface area contributed by atoms with E-state index in [1.807, 2.05) is 32.0 Å². The van der Waals surface area contributed by atoms with Crippen LogP contribution < -0.4 is 0 Å². The summed E-state index contributed by atoms with van der Waals surface area (Å²) in [6.07, 6.45) is -0.0721. The molecule has 15 heavy (non-hydrogen) atoms. The van der Waals surface area contributed by atoms with E-state index >= 15 is 0 Å². The highest BCUT2D eigenvalue weighted by Crippen LogP contribution is 2.12. The largest absolute Gasteiger partial charge is 0.459 e. The van der Waals surface area contributed by atoms with Crippen molar-refractivity contribution in [1.29, 1.82) is 0 Å². The van der Waals surface area contributed by atoms with Crippen molar-refractivity contribution in [3.05, 3.63) is 35.9 Å². The number of halogens is 1. The Hall–Kier alpha value is -0.830. The Morgan fingerprint density at radius 2 is 1.93 bits per heavy atom. The second-order valence-corrected chi connectivity index (χ2v) is 4.26. The summed E-state index contributed by atoms with van der Waals surface area (Å²) in [5.74, 6) is 0.0635. The predicted molar refractivity (Wildman–Crippen MR) is 64.3 cm³/mol. The Bertz CT molecular complexity index is 311. The van der Waals surface area contributed by atoms with Crippen LogP contribution in [0.5, 0.6) is 0 Å². The molecule has 82 valence electrons. The molecule has 0 aromatic heterocycles. The van der Waals surface area contributed by atoms with Gasteiger partial charge in [-0.15, -0.1) is 0 Å². The standard InChI is InChI=1S/C12H15BrO2/c1-9(8-13)10(2)15-12(14)11-6-4-3-5-7-11/h3-7,9-10H,8H2,1-2H3. The lowest BCUT2D eigenvalue weighted by Crippen LogP contribution is -2.23. The highest BCUT2D eigenvalue weighted by atomic mass is 79.9. The lowest BCUT2D eigenvalue weighted by atomic mass is 10.1. The number of rotatable bonds is 4. The van der Waals surface area contributed by atoms with Crippen molar-refractivity contribution >= 4 is 21.9 Å². The first-order valence-corrected chi connectivity index (χ1v) is 6.09. The molecule has 0 aliphatic rings. The minimum absolute atomic E-state index is 0.0721. The first kappa shape index (κ1) is 12.2. The van der Waals surface area contributed by atoms with Crippen LogP contribution in [0.2, 0.25) is 0 Å². The fourth-order valence-corrected chi connectivity index (χ4v) is 1.58. The van der Waals surface area contributed by atoms with E-state index in [9.17, 15) is 4.79 Å². The molecule has 0 N–H and O–H groups in total. The number of alkyl halides is 1. The van der Waals surface area contributed by atoms with Gasteiger partial charge in [-0.2, -0.15) is 0 Å². The molecule has 0 saturated carbocycles. The predicted octanol–water partition coefficient (Wildman–Crippen LogP) is 3.26. The van der Waals surface area contributed by atoms with Gasteiger partial charge in [0.15, 0.2) is 0 Å². The number of carbonyl (C=O) groups excluding carboxylic acids is 1. The van der Waals surface area contributed by atoms with Gasteiger partial charge in [-0.25, -0.2) is 4.79 Å². The van der Waals surface area contributed by atoms with E-state index in [2.05, 4.69) is 15.9 Å². The Morgan fingerprint density at radius 3 is 2.47 bits per heavy atom. The summed E-state index contributed by atoms with van der Waals surface area (Å²) in [4.78, 5) is 11.6. The quantitative estimate of drug-likeness (QED) is 0.620. The van der Waals surface area contributed by atoms with Gasteiger partial charge in [-0.3, -0.25) is 0 Å². The number of hydrogen-bond donors (Lipinski definition) is 0. The van der Waals surface area contributed by atoms with Crippen LogP contribution in [0.1, 0.15) is 24.2 Å². The molecule has 1 rings (SSSR count). The summed E-state index contributed by atoms with van der Waals surface area (Å²) in [6.45, 7) is 3.95. The SMILES string of the molecule is CC(CBr)C(C)OC(=O)c1ccccc1.